The van der Waals surface area contributed by atoms with E-state index in [-0.39, 0.29) is 11.6 Å². The summed E-state index contributed by atoms with van der Waals surface area (Å²) in [6.07, 6.45) is 1.67. The molecule has 5 heteroatoms. The van der Waals surface area contributed by atoms with E-state index < -0.39 is 16.6 Å². The SMILES string of the molecule is C[S@@](=O)C[C@@H](NCc1ccc(F)c(C#N)c1)c1ccccc1. The van der Waals surface area contributed by atoms with E-state index in [1.807, 2.05) is 36.4 Å². The van der Waals surface area contributed by atoms with Gasteiger partial charge in [0, 0.05) is 35.4 Å². The third-order valence-corrected chi connectivity index (χ3v) is 4.11. The maximum absolute atomic E-state index is 13.3. The summed E-state index contributed by atoms with van der Waals surface area (Å²) in [7, 11) is -0.939. The molecule has 0 fully saturated rings. The first-order valence-electron chi connectivity index (χ1n) is 6.87. The van der Waals surface area contributed by atoms with Gasteiger partial charge in [-0.3, -0.25) is 4.21 Å². The van der Waals surface area contributed by atoms with Crippen molar-refractivity contribution in [2.75, 3.05) is 12.0 Å². The smallest absolute Gasteiger partial charge is 0.140 e. The number of rotatable bonds is 6. The van der Waals surface area contributed by atoms with Crippen molar-refractivity contribution in [1.82, 2.24) is 5.32 Å². The van der Waals surface area contributed by atoms with Gasteiger partial charge in [0.25, 0.3) is 0 Å². The molecular weight excluding hydrogens is 299 g/mol. The average Bonchev–Trinajstić information content (AvgIpc) is 2.53. The van der Waals surface area contributed by atoms with Gasteiger partial charge in [0.2, 0.25) is 0 Å². The number of benzene rings is 2. The minimum absolute atomic E-state index is 0.0367. The Hall–Kier alpha value is -2.03. The van der Waals surface area contributed by atoms with Crippen LogP contribution in [0.4, 0.5) is 4.39 Å². The normalized spacial score (nSPS) is 13.3. The van der Waals surface area contributed by atoms with E-state index in [0.29, 0.717) is 12.3 Å². The fourth-order valence-corrected chi connectivity index (χ4v) is 2.98. The molecule has 0 saturated carbocycles. The van der Waals surface area contributed by atoms with Gasteiger partial charge >= 0.3 is 0 Å². The van der Waals surface area contributed by atoms with Crippen molar-refractivity contribution in [2.45, 2.75) is 12.6 Å². The van der Waals surface area contributed by atoms with Crippen molar-refractivity contribution in [1.29, 1.82) is 5.26 Å². The van der Waals surface area contributed by atoms with Gasteiger partial charge in [-0.15, -0.1) is 0 Å². The van der Waals surface area contributed by atoms with Gasteiger partial charge in [-0.25, -0.2) is 4.39 Å². The zero-order chi connectivity index (χ0) is 15.9. The second-order valence-corrected chi connectivity index (χ2v) is 6.49. The molecule has 22 heavy (non-hydrogen) atoms. The summed E-state index contributed by atoms with van der Waals surface area (Å²) in [6, 6.07) is 16.0. The first-order chi connectivity index (χ1) is 10.6. The minimum atomic E-state index is -0.939. The highest BCUT2D eigenvalue weighted by Crippen LogP contribution is 2.16. The van der Waals surface area contributed by atoms with Gasteiger partial charge in [-0.05, 0) is 23.3 Å². The summed E-state index contributed by atoms with van der Waals surface area (Å²) < 4.78 is 24.9. The fourth-order valence-electron chi connectivity index (χ4n) is 2.20. The van der Waals surface area contributed by atoms with Gasteiger partial charge in [0.15, 0.2) is 0 Å². The first kappa shape index (κ1) is 16.3. The molecule has 1 N–H and O–H groups in total. The molecule has 0 radical (unpaired) electrons. The maximum Gasteiger partial charge on any atom is 0.140 e. The third kappa shape index (κ3) is 4.48. The van der Waals surface area contributed by atoms with Crippen molar-refractivity contribution in [2.24, 2.45) is 0 Å². The number of nitrogens with one attached hydrogen (secondary N) is 1. The Morgan fingerprint density at radius 3 is 2.64 bits per heavy atom. The van der Waals surface area contributed by atoms with Gasteiger partial charge in [0.05, 0.1) is 5.56 Å². The van der Waals surface area contributed by atoms with E-state index >= 15 is 0 Å². The number of nitrogens with zero attached hydrogens (tertiary/aromatic N) is 1. The lowest BCUT2D eigenvalue weighted by Gasteiger charge is -2.18. The average molecular weight is 316 g/mol. The maximum atomic E-state index is 13.3. The second kappa shape index (κ2) is 7.83. The summed E-state index contributed by atoms with van der Waals surface area (Å²) in [5.41, 5.74) is 1.91. The van der Waals surface area contributed by atoms with Gasteiger partial charge < -0.3 is 5.32 Å². The Balaban J connectivity index is 2.12. The molecule has 114 valence electrons. The molecule has 0 amide bonds. The highest BCUT2D eigenvalue weighted by Gasteiger charge is 2.13. The number of hydrogen-bond acceptors (Lipinski definition) is 3. The van der Waals surface area contributed by atoms with Crippen molar-refractivity contribution >= 4 is 10.8 Å². The standard InChI is InChI=1S/C17H17FN2OS/c1-22(21)12-17(14-5-3-2-4-6-14)20-11-13-7-8-16(18)15(9-13)10-19/h2-9,17,20H,11-12H2,1H3/t17-,22-/m1/s1. The highest BCUT2D eigenvalue weighted by atomic mass is 32.2. The monoisotopic (exact) mass is 316 g/mol. The lowest BCUT2D eigenvalue weighted by atomic mass is 10.1. The minimum Gasteiger partial charge on any atom is -0.305 e. The molecular formula is C17H17FN2OS. The quantitative estimate of drug-likeness (QED) is 0.891. The van der Waals surface area contributed by atoms with Crippen LogP contribution in [0.5, 0.6) is 0 Å². The second-order valence-electron chi connectivity index (χ2n) is 5.01. The predicted octanol–water partition coefficient (Wildman–Crippen LogP) is 2.91. The molecule has 2 atom stereocenters. The van der Waals surface area contributed by atoms with Crippen molar-refractivity contribution < 1.29 is 8.60 Å². The molecule has 0 aliphatic rings. The Labute approximate surface area is 132 Å². The van der Waals surface area contributed by atoms with Crippen LogP contribution in [0.15, 0.2) is 48.5 Å². The van der Waals surface area contributed by atoms with Crippen LogP contribution in [0.2, 0.25) is 0 Å². The van der Waals surface area contributed by atoms with Crippen LogP contribution in [-0.4, -0.2) is 16.2 Å². The Kier molecular flexibility index (Phi) is 5.82. The first-order valence-corrected chi connectivity index (χ1v) is 8.59. The molecule has 0 aliphatic carbocycles. The zero-order valence-corrected chi connectivity index (χ0v) is 13.1. The lowest BCUT2D eigenvalue weighted by molar-refractivity contribution is 0.572. The van der Waals surface area contributed by atoms with Crippen LogP contribution < -0.4 is 5.32 Å². The van der Waals surface area contributed by atoms with Crippen LogP contribution in [0.25, 0.3) is 0 Å². The van der Waals surface area contributed by atoms with Crippen molar-refractivity contribution in [3.05, 3.63) is 71.0 Å². The van der Waals surface area contributed by atoms with Gasteiger partial charge in [-0.1, -0.05) is 36.4 Å². The van der Waals surface area contributed by atoms with Crippen molar-refractivity contribution in [3.8, 4) is 6.07 Å². The molecule has 0 spiro atoms. The summed E-state index contributed by atoms with van der Waals surface area (Å²) in [6.45, 7) is 0.478. The van der Waals surface area contributed by atoms with E-state index in [2.05, 4.69) is 5.32 Å². The zero-order valence-electron chi connectivity index (χ0n) is 12.3. The molecule has 0 heterocycles. The van der Waals surface area contributed by atoms with Crippen LogP contribution in [0.3, 0.4) is 0 Å². The fraction of sp³-hybridized carbons (Fsp3) is 0.235. The largest absolute Gasteiger partial charge is 0.305 e. The summed E-state index contributed by atoms with van der Waals surface area (Å²) >= 11 is 0. The number of hydrogen-bond donors (Lipinski definition) is 1. The molecule has 0 bridgehead atoms. The van der Waals surface area contributed by atoms with Gasteiger partial charge in [0.1, 0.15) is 11.9 Å². The van der Waals surface area contributed by atoms with E-state index in [1.54, 1.807) is 12.3 Å². The molecule has 3 nitrogen and oxygen atoms in total. The Morgan fingerprint density at radius 1 is 1.27 bits per heavy atom. The molecule has 0 saturated heterocycles. The molecule has 0 unspecified atom stereocenters. The molecule has 2 aromatic rings. The van der Waals surface area contributed by atoms with Crippen LogP contribution >= 0.6 is 0 Å². The van der Waals surface area contributed by atoms with E-state index in [1.165, 1.54) is 12.1 Å². The molecule has 0 aromatic heterocycles. The molecule has 2 aromatic carbocycles. The van der Waals surface area contributed by atoms with Gasteiger partial charge in [-0.2, -0.15) is 5.26 Å². The summed E-state index contributed by atoms with van der Waals surface area (Å²) in [5.74, 6) is -0.0171. The third-order valence-electron chi connectivity index (χ3n) is 3.31. The molecule has 0 aliphatic heterocycles. The number of nitriles is 1. The van der Waals surface area contributed by atoms with E-state index in [4.69, 9.17) is 5.26 Å². The van der Waals surface area contributed by atoms with E-state index in [9.17, 15) is 8.60 Å². The molecule has 2 rings (SSSR count). The Bertz CT molecular complexity index is 698. The lowest BCUT2D eigenvalue weighted by Crippen LogP contribution is -2.25. The van der Waals surface area contributed by atoms with E-state index in [0.717, 1.165) is 11.1 Å². The van der Waals surface area contributed by atoms with Crippen LogP contribution in [0.1, 0.15) is 22.7 Å². The predicted molar refractivity (Wildman–Crippen MR) is 86.1 cm³/mol. The Morgan fingerprint density at radius 2 is 2.00 bits per heavy atom. The summed E-state index contributed by atoms with van der Waals surface area (Å²) in [5, 5.41) is 12.2. The van der Waals surface area contributed by atoms with Crippen LogP contribution in [0, 0.1) is 17.1 Å². The topological polar surface area (TPSA) is 52.9 Å². The summed E-state index contributed by atoms with van der Waals surface area (Å²) in [4.78, 5) is 0. The van der Waals surface area contributed by atoms with Crippen molar-refractivity contribution in [3.63, 3.8) is 0 Å². The highest BCUT2D eigenvalue weighted by molar-refractivity contribution is 7.84. The van der Waals surface area contributed by atoms with Crippen LogP contribution in [-0.2, 0) is 17.3 Å². The number of halogens is 1.